The summed E-state index contributed by atoms with van der Waals surface area (Å²) in [5.74, 6) is 1.18. The van der Waals surface area contributed by atoms with E-state index >= 15 is 0 Å². The van der Waals surface area contributed by atoms with Crippen molar-refractivity contribution in [3.8, 4) is 11.5 Å². The number of nitrogens with zero attached hydrogens (tertiary/aromatic N) is 1. The molecule has 2 aliphatic rings. The molecule has 2 aromatic carbocycles. The fourth-order valence-corrected chi connectivity index (χ4v) is 4.82. The smallest absolute Gasteiger partial charge is 0.255 e. The van der Waals surface area contributed by atoms with Crippen LogP contribution in [0.15, 0.2) is 42.5 Å². The lowest BCUT2D eigenvalue weighted by molar-refractivity contribution is 0.0750. The zero-order valence-electron chi connectivity index (χ0n) is 18.1. The summed E-state index contributed by atoms with van der Waals surface area (Å²) in [6.07, 6.45) is 7.50. The highest BCUT2D eigenvalue weighted by Crippen LogP contribution is 2.29. The molecule has 1 aliphatic heterocycles. The van der Waals surface area contributed by atoms with Crippen LogP contribution in [0.1, 0.15) is 54.4 Å². The third-order valence-electron chi connectivity index (χ3n) is 6.38. The number of hydrogen-bond donors (Lipinski definition) is 1. The number of benzene rings is 2. The van der Waals surface area contributed by atoms with E-state index in [0.29, 0.717) is 22.9 Å². The molecule has 4 rings (SSSR count). The van der Waals surface area contributed by atoms with Crippen LogP contribution in [0.3, 0.4) is 0 Å². The second-order valence-corrected chi connectivity index (χ2v) is 8.90. The first kappa shape index (κ1) is 22.0. The Balaban J connectivity index is 1.37. The molecule has 1 aliphatic carbocycles. The van der Waals surface area contributed by atoms with Gasteiger partial charge in [-0.25, -0.2) is 0 Å². The lowest BCUT2D eigenvalue weighted by Crippen LogP contribution is -2.43. The van der Waals surface area contributed by atoms with Gasteiger partial charge in [-0.15, -0.1) is 0 Å². The van der Waals surface area contributed by atoms with Crippen LogP contribution < -0.4 is 14.8 Å². The van der Waals surface area contributed by atoms with E-state index in [9.17, 15) is 4.79 Å². The number of rotatable bonds is 7. The van der Waals surface area contributed by atoms with Gasteiger partial charge in [0.15, 0.2) is 0 Å². The van der Waals surface area contributed by atoms with E-state index in [1.54, 1.807) is 19.2 Å². The Morgan fingerprint density at radius 3 is 2.61 bits per heavy atom. The number of nitrogens with one attached hydrogen (secondary N) is 1. The molecule has 2 aromatic rings. The third-order valence-corrected chi connectivity index (χ3v) is 6.62. The van der Waals surface area contributed by atoms with Crippen molar-refractivity contribution in [3.63, 3.8) is 0 Å². The number of ether oxygens (including phenoxy) is 2. The van der Waals surface area contributed by atoms with E-state index in [0.717, 1.165) is 43.3 Å². The second kappa shape index (κ2) is 10.4. The van der Waals surface area contributed by atoms with Crippen LogP contribution >= 0.6 is 11.6 Å². The summed E-state index contributed by atoms with van der Waals surface area (Å²) >= 11 is 6.19. The van der Waals surface area contributed by atoms with Crippen molar-refractivity contribution in [2.24, 2.45) is 0 Å². The SMILES string of the molecule is COc1cccc(CNC(=O)c2cc(Cl)ccc2OC2CCN(C3CCCC3)CC2)c1. The maximum absolute atomic E-state index is 12.9. The Morgan fingerprint density at radius 1 is 1.10 bits per heavy atom. The van der Waals surface area contributed by atoms with E-state index in [1.807, 2.05) is 30.3 Å². The highest BCUT2D eigenvalue weighted by atomic mass is 35.5. The van der Waals surface area contributed by atoms with Crippen LogP contribution in [0.5, 0.6) is 11.5 Å². The van der Waals surface area contributed by atoms with Crippen LogP contribution in [0.4, 0.5) is 0 Å². The topological polar surface area (TPSA) is 50.8 Å². The Bertz CT molecular complexity index is 890. The number of carbonyl (C=O) groups excluding carboxylic acids is 1. The summed E-state index contributed by atoms with van der Waals surface area (Å²) < 4.78 is 11.5. The minimum atomic E-state index is -0.191. The molecule has 31 heavy (non-hydrogen) atoms. The first-order valence-corrected chi connectivity index (χ1v) is 11.6. The number of amides is 1. The fourth-order valence-electron chi connectivity index (χ4n) is 4.65. The lowest BCUT2D eigenvalue weighted by atomic mass is 10.0. The molecule has 0 unspecified atom stereocenters. The van der Waals surface area contributed by atoms with Crippen molar-refractivity contribution < 1.29 is 14.3 Å². The van der Waals surface area contributed by atoms with Crippen molar-refractivity contribution in [2.45, 2.75) is 57.2 Å². The Morgan fingerprint density at radius 2 is 1.87 bits per heavy atom. The molecule has 5 nitrogen and oxygen atoms in total. The maximum Gasteiger partial charge on any atom is 0.255 e. The second-order valence-electron chi connectivity index (χ2n) is 8.47. The fraction of sp³-hybridized carbons (Fsp3) is 0.480. The van der Waals surface area contributed by atoms with Gasteiger partial charge in [0, 0.05) is 30.7 Å². The minimum Gasteiger partial charge on any atom is -0.497 e. The normalized spacial score (nSPS) is 18.1. The van der Waals surface area contributed by atoms with Crippen LogP contribution in [-0.2, 0) is 6.54 Å². The van der Waals surface area contributed by atoms with Gasteiger partial charge in [-0.3, -0.25) is 4.79 Å². The van der Waals surface area contributed by atoms with Gasteiger partial charge in [-0.05, 0) is 61.6 Å². The van der Waals surface area contributed by atoms with Crippen molar-refractivity contribution in [3.05, 3.63) is 58.6 Å². The molecule has 166 valence electrons. The van der Waals surface area contributed by atoms with Gasteiger partial charge >= 0.3 is 0 Å². The van der Waals surface area contributed by atoms with Crippen molar-refractivity contribution in [2.75, 3.05) is 20.2 Å². The van der Waals surface area contributed by atoms with Crippen molar-refractivity contribution >= 4 is 17.5 Å². The highest BCUT2D eigenvalue weighted by Gasteiger charge is 2.28. The van der Waals surface area contributed by atoms with Gasteiger partial charge in [-0.1, -0.05) is 36.6 Å². The summed E-state index contributed by atoms with van der Waals surface area (Å²) in [6, 6.07) is 13.7. The number of methoxy groups -OCH3 is 1. The molecular formula is C25H31ClN2O3. The van der Waals surface area contributed by atoms with Gasteiger partial charge in [0.05, 0.1) is 12.7 Å². The van der Waals surface area contributed by atoms with Crippen LogP contribution in [0.25, 0.3) is 0 Å². The average molecular weight is 443 g/mol. The van der Waals surface area contributed by atoms with Gasteiger partial charge in [-0.2, -0.15) is 0 Å². The Labute approximate surface area is 189 Å². The molecule has 0 bridgehead atoms. The summed E-state index contributed by atoms with van der Waals surface area (Å²) in [4.78, 5) is 15.5. The maximum atomic E-state index is 12.9. The zero-order chi connectivity index (χ0) is 21.6. The molecule has 2 fully saturated rings. The van der Waals surface area contributed by atoms with Crippen molar-refractivity contribution in [1.29, 1.82) is 0 Å². The molecule has 0 atom stereocenters. The van der Waals surface area contributed by atoms with E-state index in [4.69, 9.17) is 21.1 Å². The van der Waals surface area contributed by atoms with E-state index in [2.05, 4.69) is 10.2 Å². The zero-order valence-corrected chi connectivity index (χ0v) is 18.9. The number of likely N-dealkylation sites (tertiary alicyclic amines) is 1. The predicted octanol–water partition coefficient (Wildman–Crippen LogP) is 5.06. The van der Waals surface area contributed by atoms with E-state index in [1.165, 1.54) is 25.7 Å². The number of hydrogen-bond acceptors (Lipinski definition) is 4. The van der Waals surface area contributed by atoms with Gasteiger partial charge in [0.25, 0.3) is 5.91 Å². The molecule has 1 N–H and O–H groups in total. The van der Waals surface area contributed by atoms with Crippen LogP contribution in [0, 0.1) is 0 Å². The standard InChI is InChI=1S/C25H31ClN2O3/c1-30-22-8-4-5-18(15-22)17-27-25(29)23-16-19(26)9-10-24(23)31-21-11-13-28(14-12-21)20-6-2-3-7-20/h4-5,8-10,15-16,20-21H,2-3,6-7,11-14,17H2,1H3,(H,27,29). The Hall–Kier alpha value is -2.24. The monoisotopic (exact) mass is 442 g/mol. The number of carbonyl (C=O) groups is 1. The number of piperidine rings is 1. The Kier molecular flexibility index (Phi) is 7.36. The van der Waals surface area contributed by atoms with Crippen LogP contribution in [0.2, 0.25) is 5.02 Å². The summed E-state index contributed by atoms with van der Waals surface area (Å²) in [7, 11) is 1.63. The first-order valence-electron chi connectivity index (χ1n) is 11.2. The first-order chi connectivity index (χ1) is 15.1. The molecule has 0 aromatic heterocycles. The van der Waals surface area contributed by atoms with Gasteiger partial charge in [0.1, 0.15) is 17.6 Å². The molecule has 0 radical (unpaired) electrons. The van der Waals surface area contributed by atoms with Gasteiger partial charge in [0.2, 0.25) is 0 Å². The van der Waals surface area contributed by atoms with Crippen molar-refractivity contribution in [1.82, 2.24) is 10.2 Å². The predicted molar refractivity (Wildman–Crippen MR) is 123 cm³/mol. The molecule has 1 amide bonds. The summed E-state index contributed by atoms with van der Waals surface area (Å²) in [6.45, 7) is 2.54. The van der Waals surface area contributed by atoms with E-state index < -0.39 is 0 Å². The number of halogens is 1. The molecule has 0 spiro atoms. The lowest BCUT2D eigenvalue weighted by Gasteiger charge is -2.36. The molecule has 1 saturated heterocycles. The molecule has 1 saturated carbocycles. The van der Waals surface area contributed by atoms with Crippen LogP contribution in [-0.4, -0.2) is 43.2 Å². The average Bonchev–Trinajstić information content (AvgIpc) is 3.34. The van der Waals surface area contributed by atoms with Gasteiger partial charge < -0.3 is 19.7 Å². The highest BCUT2D eigenvalue weighted by molar-refractivity contribution is 6.31. The minimum absolute atomic E-state index is 0.128. The molecular weight excluding hydrogens is 412 g/mol. The quantitative estimate of drug-likeness (QED) is 0.650. The largest absolute Gasteiger partial charge is 0.497 e. The summed E-state index contributed by atoms with van der Waals surface area (Å²) in [5, 5.41) is 3.50. The summed E-state index contributed by atoms with van der Waals surface area (Å²) in [5.41, 5.74) is 1.45. The third kappa shape index (κ3) is 5.72. The molecule has 1 heterocycles. The molecule has 6 heteroatoms. The van der Waals surface area contributed by atoms with E-state index in [-0.39, 0.29) is 12.0 Å².